The van der Waals surface area contributed by atoms with E-state index in [1.54, 1.807) is 0 Å². The zero-order chi connectivity index (χ0) is 74.9. The Labute approximate surface area is 520 Å². The summed E-state index contributed by atoms with van der Waals surface area (Å²) in [5.74, 6) is -142. The molecular formula is C60H2F40. The number of halogens is 40. The zero-order valence-corrected chi connectivity index (χ0v) is 45.3. The summed E-state index contributed by atoms with van der Waals surface area (Å²) in [5, 5.41) is 0. The second-order valence-electron chi connectivity index (χ2n) is 19.8. The summed E-state index contributed by atoms with van der Waals surface area (Å²) in [4.78, 5) is 0. The third-order valence-corrected chi connectivity index (χ3v) is 14.6. The number of rotatable bonds is 9. The molecule has 10 rings (SSSR count). The van der Waals surface area contributed by atoms with Gasteiger partial charge < -0.3 is 0 Å². The van der Waals surface area contributed by atoms with E-state index >= 15 is 123 Å². The summed E-state index contributed by atoms with van der Waals surface area (Å²) in [6, 6.07) is -2.52. The Balaban J connectivity index is 1.44. The molecule has 0 aliphatic rings. The van der Waals surface area contributed by atoms with Crippen molar-refractivity contribution in [3.05, 3.63) is 245 Å². The Hall–Kier alpha value is -10.6. The smallest absolute Gasteiger partial charge is 0.200 e. The molecule has 40 heteroatoms. The highest BCUT2D eigenvalue weighted by Crippen LogP contribution is 2.53. The monoisotopic (exact) mass is 1480 g/mol. The maximum absolute atomic E-state index is 17.8. The Morgan fingerprint density at radius 2 is 0.160 bits per heavy atom. The fraction of sp³-hybridized carbons (Fsp3) is 0. The Morgan fingerprint density at radius 1 is 0.0800 bits per heavy atom. The van der Waals surface area contributed by atoms with Gasteiger partial charge >= 0.3 is 0 Å². The van der Waals surface area contributed by atoms with Gasteiger partial charge in [-0.1, -0.05) is 0 Å². The quantitative estimate of drug-likeness (QED) is 0.0768. The highest BCUT2D eigenvalue weighted by atomic mass is 19.2. The standard InChI is InChI=1S/C60H2F40/c61-21-3(1-5(7-25(65)29(69)13(30(70)26(7)66)17-41(81)49(89)57(97)50(90)42(17)82)23(63)9(21)11-33(73)37(77)15(38(78)34(11)74)19-45(85)53(93)59(99)54(94)46(19)86)4-2-6(8-27(67)31(71)14(32(72)28(8)68)18-43(83)51(91)58(98)52(92)44(18)84)24(64)10(22(4)62)12-35(75)39(79)16(40(80)36(12)76)20-47(87)55(95)60(100)56(96)48(20)88/h1-2H. The lowest BCUT2D eigenvalue weighted by molar-refractivity contribution is 0.379. The van der Waals surface area contributed by atoms with Crippen molar-refractivity contribution in [2.45, 2.75) is 0 Å². The van der Waals surface area contributed by atoms with Crippen molar-refractivity contribution in [1.82, 2.24) is 0 Å². The highest BCUT2D eigenvalue weighted by Gasteiger charge is 2.44. The van der Waals surface area contributed by atoms with Crippen molar-refractivity contribution in [2.24, 2.45) is 0 Å². The van der Waals surface area contributed by atoms with E-state index in [0.29, 0.717) is 0 Å². The minimum atomic E-state index is -3.85. The molecule has 10 aromatic rings. The van der Waals surface area contributed by atoms with E-state index in [2.05, 4.69) is 0 Å². The van der Waals surface area contributed by atoms with Crippen LogP contribution in [0.4, 0.5) is 176 Å². The molecule has 0 aromatic heterocycles. The molecule has 0 amide bonds. The van der Waals surface area contributed by atoms with Gasteiger partial charge in [-0.05, 0) is 12.1 Å². The first-order valence-electron chi connectivity index (χ1n) is 25.0. The molecule has 0 N–H and O–H groups in total. The van der Waals surface area contributed by atoms with Crippen LogP contribution in [0.3, 0.4) is 0 Å². The fourth-order valence-electron chi connectivity index (χ4n) is 10.1. The van der Waals surface area contributed by atoms with Gasteiger partial charge in [-0.2, -0.15) is 0 Å². The van der Waals surface area contributed by atoms with Crippen LogP contribution in [-0.4, -0.2) is 0 Å². The Morgan fingerprint density at radius 3 is 0.290 bits per heavy atom. The van der Waals surface area contributed by atoms with Gasteiger partial charge in [0.15, 0.2) is 186 Å². The predicted octanol–water partition coefficient (Wildman–Crippen LogP) is 22.3. The number of benzene rings is 10. The van der Waals surface area contributed by atoms with E-state index in [-0.39, 0.29) is 0 Å². The van der Waals surface area contributed by atoms with Crippen LogP contribution >= 0.6 is 0 Å². The average molecular weight is 1480 g/mol. The van der Waals surface area contributed by atoms with Crippen molar-refractivity contribution >= 4 is 0 Å². The molecule has 0 spiro atoms. The molecular weight excluding hydrogens is 1480 g/mol. The summed E-state index contributed by atoms with van der Waals surface area (Å²) in [5.41, 5.74) is -58.7. The molecule has 10 aromatic carbocycles. The maximum Gasteiger partial charge on any atom is 0.200 e. The van der Waals surface area contributed by atoms with Crippen molar-refractivity contribution in [3.8, 4) is 100 Å². The van der Waals surface area contributed by atoms with Gasteiger partial charge in [0.1, 0.15) is 23.3 Å². The van der Waals surface area contributed by atoms with E-state index in [4.69, 9.17) is 0 Å². The van der Waals surface area contributed by atoms with E-state index < -0.39 is 345 Å². The van der Waals surface area contributed by atoms with E-state index in [1.165, 1.54) is 0 Å². The van der Waals surface area contributed by atoms with Gasteiger partial charge in [-0.25, -0.2) is 176 Å². The van der Waals surface area contributed by atoms with Crippen LogP contribution in [-0.2, 0) is 0 Å². The van der Waals surface area contributed by atoms with Gasteiger partial charge in [-0.15, -0.1) is 0 Å². The maximum atomic E-state index is 17.8. The van der Waals surface area contributed by atoms with Crippen molar-refractivity contribution in [2.75, 3.05) is 0 Å². The van der Waals surface area contributed by atoms with Crippen LogP contribution in [0.25, 0.3) is 100 Å². The summed E-state index contributed by atoms with van der Waals surface area (Å²) >= 11 is 0. The van der Waals surface area contributed by atoms with Gasteiger partial charge in [0.2, 0.25) is 23.3 Å². The zero-order valence-electron chi connectivity index (χ0n) is 45.3. The molecule has 0 aliphatic heterocycles. The summed E-state index contributed by atoms with van der Waals surface area (Å²) in [6.07, 6.45) is 0. The lowest BCUT2D eigenvalue weighted by Crippen LogP contribution is -2.13. The van der Waals surface area contributed by atoms with Crippen LogP contribution in [0.5, 0.6) is 0 Å². The van der Waals surface area contributed by atoms with E-state index in [1.807, 2.05) is 0 Å². The Kier molecular flexibility index (Phi) is 17.8. The molecule has 100 heavy (non-hydrogen) atoms. The summed E-state index contributed by atoms with van der Waals surface area (Å²) in [7, 11) is 0. The van der Waals surface area contributed by atoms with E-state index in [9.17, 15) is 52.7 Å². The predicted molar refractivity (Wildman–Crippen MR) is 254 cm³/mol. The molecule has 0 fully saturated rings. The second-order valence-corrected chi connectivity index (χ2v) is 19.8. The van der Waals surface area contributed by atoms with Crippen molar-refractivity contribution < 1.29 is 176 Å². The van der Waals surface area contributed by atoms with Crippen LogP contribution in [0.15, 0.2) is 12.1 Å². The third-order valence-electron chi connectivity index (χ3n) is 14.6. The molecule has 0 saturated carbocycles. The first kappa shape index (κ1) is 72.2. The normalized spacial score (nSPS) is 11.8. The second kappa shape index (κ2) is 24.7. The van der Waals surface area contributed by atoms with Crippen LogP contribution < -0.4 is 0 Å². The first-order valence-corrected chi connectivity index (χ1v) is 25.0. The molecule has 0 aliphatic carbocycles. The van der Waals surface area contributed by atoms with Gasteiger partial charge in [-0.3, -0.25) is 0 Å². The fourth-order valence-corrected chi connectivity index (χ4v) is 10.1. The SMILES string of the molecule is Fc1c(F)c(F)c(-c2c(F)c(F)c(-c3cc(-c4cc(-c5c(F)c(F)c(-c6c(F)c(F)c(F)c(F)c6F)c(F)c5F)c(F)c(-c5c(F)c(F)c(-c6c(F)c(F)c(F)c(F)c6F)c(F)c5F)c4F)c(F)c(-c4c(F)c(F)c(-c5c(F)c(F)c(F)c(F)c5F)c(F)c4F)c3F)c(F)c2F)c(F)c1F. The lowest BCUT2D eigenvalue weighted by atomic mass is 9.85. The first-order chi connectivity index (χ1) is 46.4. The molecule has 0 atom stereocenters. The topological polar surface area (TPSA) is 0 Å². The molecule has 0 unspecified atom stereocenters. The van der Waals surface area contributed by atoms with Crippen LogP contribution in [0.1, 0.15) is 0 Å². The largest absolute Gasteiger partial charge is 0.206 e. The van der Waals surface area contributed by atoms with Crippen molar-refractivity contribution in [1.29, 1.82) is 0 Å². The average Bonchev–Trinajstić information content (AvgIpc) is 0.719. The van der Waals surface area contributed by atoms with Gasteiger partial charge in [0, 0.05) is 22.3 Å². The highest BCUT2D eigenvalue weighted by molar-refractivity contribution is 5.91. The molecule has 0 heterocycles. The van der Waals surface area contributed by atoms with E-state index in [0.717, 1.165) is 0 Å². The summed E-state index contributed by atoms with van der Waals surface area (Å²) < 4.78 is 624. The number of hydrogen-bond donors (Lipinski definition) is 0. The molecule has 0 nitrogen and oxygen atoms in total. The molecule has 0 saturated heterocycles. The van der Waals surface area contributed by atoms with Crippen LogP contribution in [0.2, 0.25) is 0 Å². The molecule has 0 radical (unpaired) electrons. The molecule has 0 bridgehead atoms. The lowest BCUT2D eigenvalue weighted by Gasteiger charge is -2.22. The number of hydrogen-bond acceptors (Lipinski definition) is 0. The minimum absolute atomic E-state index is 1.26. The molecule has 522 valence electrons. The Bertz CT molecular complexity index is 4850. The van der Waals surface area contributed by atoms with Crippen LogP contribution in [0, 0.1) is 233 Å². The van der Waals surface area contributed by atoms with Gasteiger partial charge in [0.25, 0.3) is 0 Å². The summed E-state index contributed by atoms with van der Waals surface area (Å²) in [6.45, 7) is 0. The van der Waals surface area contributed by atoms with Crippen molar-refractivity contribution in [3.63, 3.8) is 0 Å². The van der Waals surface area contributed by atoms with Gasteiger partial charge in [0.05, 0.1) is 77.9 Å². The third kappa shape index (κ3) is 9.85. The minimum Gasteiger partial charge on any atom is -0.206 e.